The van der Waals surface area contributed by atoms with Gasteiger partial charge in [-0.15, -0.1) is 0 Å². The van der Waals surface area contributed by atoms with Gasteiger partial charge in [0.2, 0.25) is 0 Å². The molecule has 0 saturated heterocycles. The molecule has 130 valence electrons. The lowest BCUT2D eigenvalue weighted by Gasteiger charge is -2.17. The Morgan fingerprint density at radius 1 is 1.04 bits per heavy atom. The van der Waals surface area contributed by atoms with E-state index < -0.39 is 0 Å². The molecule has 0 aliphatic heterocycles. The molecule has 0 amide bonds. The van der Waals surface area contributed by atoms with Crippen LogP contribution in [-0.4, -0.2) is 37.1 Å². The normalized spacial score (nSPS) is 11.0. The third-order valence-corrected chi connectivity index (χ3v) is 4.17. The average molecular weight is 346 g/mol. The maximum Gasteiger partial charge on any atom is 0.183 e. The van der Waals surface area contributed by atoms with E-state index in [-0.39, 0.29) is 6.61 Å². The van der Waals surface area contributed by atoms with Crippen LogP contribution in [0.5, 0.6) is 0 Å². The number of benzene rings is 1. The van der Waals surface area contributed by atoms with Crippen LogP contribution in [0, 0.1) is 0 Å². The summed E-state index contributed by atoms with van der Waals surface area (Å²) in [5.74, 6) is 1.49. The molecule has 4 rings (SSSR count). The summed E-state index contributed by atoms with van der Waals surface area (Å²) < 4.78 is 0. The minimum Gasteiger partial charge on any atom is -0.392 e. The first-order valence-corrected chi connectivity index (χ1v) is 8.26. The minimum atomic E-state index is 0.0222. The van der Waals surface area contributed by atoms with E-state index in [1.54, 1.807) is 6.20 Å². The average Bonchev–Trinajstić information content (AvgIpc) is 3.13. The molecular weight excluding hydrogens is 328 g/mol. The smallest absolute Gasteiger partial charge is 0.183 e. The molecule has 0 spiro atoms. The molecule has 0 aliphatic rings. The number of rotatable bonds is 5. The molecule has 7 nitrogen and oxygen atoms in total. The van der Waals surface area contributed by atoms with E-state index in [4.69, 9.17) is 0 Å². The van der Waals surface area contributed by atoms with Crippen molar-refractivity contribution in [1.29, 1.82) is 0 Å². The van der Waals surface area contributed by atoms with Crippen LogP contribution in [0.25, 0.3) is 22.6 Å². The predicted octanol–water partition coefficient (Wildman–Crippen LogP) is 2.54. The topological polar surface area (TPSA) is 90.8 Å². The number of nitrogens with zero attached hydrogens (tertiary/aromatic N) is 5. The standard InChI is InChI=1S/C19H18N6O/c1-25(10-15-4-2-3-9-20-15)19-16-18(21-12-22-19)24-17(23-16)14-7-5-13(11-26)6-8-14/h2-9,12,26H,10-11H2,1H3,(H,21,22,23,24). The number of anilines is 1. The summed E-state index contributed by atoms with van der Waals surface area (Å²) in [5.41, 5.74) is 4.15. The number of aromatic nitrogens is 5. The van der Waals surface area contributed by atoms with E-state index in [0.29, 0.717) is 12.2 Å². The van der Waals surface area contributed by atoms with Crippen LogP contribution in [0.2, 0.25) is 0 Å². The van der Waals surface area contributed by atoms with Gasteiger partial charge in [-0.05, 0) is 17.7 Å². The van der Waals surface area contributed by atoms with Crippen molar-refractivity contribution in [1.82, 2.24) is 24.9 Å². The van der Waals surface area contributed by atoms with Crippen molar-refractivity contribution in [2.45, 2.75) is 13.2 Å². The number of aromatic amines is 1. The van der Waals surface area contributed by atoms with Crippen LogP contribution in [0.3, 0.4) is 0 Å². The Labute approximate surface area is 150 Å². The lowest BCUT2D eigenvalue weighted by atomic mass is 10.1. The van der Waals surface area contributed by atoms with Crippen molar-refractivity contribution in [2.75, 3.05) is 11.9 Å². The number of fused-ring (bicyclic) bond motifs is 1. The highest BCUT2D eigenvalue weighted by molar-refractivity contribution is 5.85. The second-order valence-electron chi connectivity index (χ2n) is 6.01. The third-order valence-electron chi connectivity index (χ3n) is 4.17. The maximum absolute atomic E-state index is 9.18. The number of pyridine rings is 1. The number of nitrogens with one attached hydrogen (secondary N) is 1. The van der Waals surface area contributed by atoms with E-state index in [2.05, 4.69) is 24.9 Å². The molecule has 2 N–H and O–H groups in total. The van der Waals surface area contributed by atoms with Gasteiger partial charge in [-0.25, -0.2) is 15.0 Å². The van der Waals surface area contributed by atoms with Gasteiger partial charge in [0, 0.05) is 18.8 Å². The minimum absolute atomic E-state index is 0.0222. The Hall–Kier alpha value is -3.32. The van der Waals surface area contributed by atoms with E-state index >= 15 is 0 Å². The molecule has 4 aromatic rings. The fourth-order valence-electron chi connectivity index (χ4n) is 2.82. The zero-order chi connectivity index (χ0) is 17.9. The quantitative estimate of drug-likeness (QED) is 0.577. The highest BCUT2D eigenvalue weighted by Gasteiger charge is 2.14. The van der Waals surface area contributed by atoms with Gasteiger partial charge in [-0.2, -0.15) is 0 Å². The fraction of sp³-hybridized carbons (Fsp3) is 0.158. The highest BCUT2D eigenvalue weighted by atomic mass is 16.3. The summed E-state index contributed by atoms with van der Waals surface area (Å²) in [6, 6.07) is 13.5. The third kappa shape index (κ3) is 3.12. The molecular formula is C19H18N6O. The number of aliphatic hydroxyl groups excluding tert-OH is 1. The molecule has 0 fully saturated rings. The van der Waals surface area contributed by atoms with Gasteiger partial charge in [-0.1, -0.05) is 30.3 Å². The Morgan fingerprint density at radius 3 is 2.62 bits per heavy atom. The monoisotopic (exact) mass is 346 g/mol. The first-order valence-electron chi connectivity index (χ1n) is 8.26. The van der Waals surface area contributed by atoms with Crippen molar-refractivity contribution in [2.24, 2.45) is 0 Å². The van der Waals surface area contributed by atoms with E-state index in [1.165, 1.54) is 6.33 Å². The Balaban J connectivity index is 1.68. The van der Waals surface area contributed by atoms with Crippen molar-refractivity contribution in [3.63, 3.8) is 0 Å². The van der Waals surface area contributed by atoms with E-state index in [1.807, 2.05) is 54.4 Å². The van der Waals surface area contributed by atoms with Crippen molar-refractivity contribution >= 4 is 17.0 Å². The first kappa shape index (κ1) is 16.2. The van der Waals surface area contributed by atoms with Crippen LogP contribution in [0.15, 0.2) is 55.0 Å². The number of H-pyrrole nitrogens is 1. The van der Waals surface area contributed by atoms with E-state index in [9.17, 15) is 5.11 Å². The SMILES string of the molecule is CN(Cc1ccccn1)c1ncnc2nc(-c3ccc(CO)cc3)[nH]c12. The van der Waals surface area contributed by atoms with Crippen LogP contribution in [-0.2, 0) is 13.2 Å². The van der Waals surface area contributed by atoms with E-state index in [0.717, 1.165) is 34.0 Å². The number of hydrogen-bond donors (Lipinski definition) is 2. The molecule has 0 aliphatic carbocycles. The summed E-state index contributed by atoms with van der Waals surface area (Å²) in [6.45, 7) is 0.654. The summed E-state index contributed by atoms with van der Waals surface area (Å²) in [5, 5.41) is 9.18. The molecule has 0 radical (unpaired) electrons. The Kier molecular flexibility index (Phi) is 4.28. The molecule has 0 atom stereocenters. The zero-order valence-corrected chi connectivity index (χ0v) is 14.3. The van der Waals surface area contributed by atoms with Gasteiger partial charge in [0.15, 0.2) is 11.5 Å². The molecule has 0 bridgehead atoms. The van der Waals surface area contributed by atoms with Crippen molar-refractivity contribution in [3.8, 4) is 11.4 Å². The molecule has 7 heteroatoms. The van der Waals surface area contributed by atoms with Crippen LogP contribution in [0.4, 0.5) is 5.82 Å². The number of hydrogen-bond acceptors (Lipinski definition) is 6. The largest absolute Gasteiger partial charge is 0.392 e. The highest BCUT2D eigenvalue weighted by Crippen LogP contribution is 2.25. The second kappa shape index (κ2) is 6.89. The predicted molar refractivity (Wildman–Crippen MR) is 99.4 cm³/mol. The first-order chi connectivity index (χ1) is 12.7. The molecule has 26 heavy (non-hydrogen) atoms. The van der Waals surface area contributed by atoms with Gasteiger partial charge in [0.25, 0.3) is 0 Å². The molecule has 0 unspecified atom stereocenters. The zero-order valence-electron chi connectivity index (χ0n) is 14.3. The van der Waals surface area contributed by atoms with Crippen LogP contribution >= 0.6 is 0 Å². The Morgan fingerprint density at radius 2 is 1.88 bits per heavy atom. The van der Waals surface area contributed by atoms with Crippen molar-refractivity contribution < 1.29 is 5.11 Å². The van der Waals surface area contributed by atoms with Gasteiger partial charge >= 0.3 is 0 Å². The maximum atomic E-state index is 9.18. The van der Waals surface area contributed by atoms with Gasteiger partial charge in [-0.3, -0.25) is 4.98 Å². The second-order valence-corrected chi connectivity index (χ2v) is 6.01. The fourth-order valence-corrected chi connectivity index (χ4v) is 2.82. The summed E-state index contributed by atoms with van der Waals surface area (Å²) in [7, 11) is 1.97. The summed E-state index contributed by atoms with van der Waals surface area (Å²) in [6.07, 6.45) is 3.30. The van der Waals surface area contributed by atoms with Crippen molar-refractivity contribution in [3.05, 3.63) is 66.2 Å². The molecule has 0 saturated carbocycles. The number of imidazole rings is 1. The summed E-state index contributed by atoms with van der Waals surface area (Å²) in [4.78, 5) is 23.0. The molecule has 3 aromatic heterocycles. The number of aliphatic hydroxyl groups is 1. The molecule has 1 aromatic carbocycles. The van der Waals surface area contributed by atoms with Gasteiger partial charge in [0.05, 0.1) is 18.8 Å². The van der Waals surface area contributed by atoms with Crippen LogP contribution < -0.4 is 4.90 Å². The lowest BCUT2D eigenvalue weighted by Crippen LogP contribution is -2.18. The van der Waals surface area contributed by atoms with Crippen LogP contribution in [0.1, 0.15) is 11.3 Å². The lowest BCUT2D eigenvalue weighted by molar-refractivity contribution is 0.282. The Bertz CT molecular complexity index is 1010. The molecule has 3 heterocycles. The van der Waals surface area contributed by atoms with Gasteiger partial charge < -0.3 is 15.0 Å². The van der Waals surface area contributed by atoms with Gasteiger partial charge in [0.1, 0.15) is 17.7 Å². The summed E-state index contributed by atoms with van der Waals surface area (Å²) >= 11 is 0.